The molecule has 0 spiro atoms. The molecule has 0 saturated heterocycles. The Morgan fingerprint density at radius 2 is 2.00 bits per heavy atom. The number of benzene rings is 2. The van der Waals surface area contributed by atoms with Gasteiger partial charge in [0.1, 0.15) is 5.75 Å². The minimum atomic E-state index is 0.0208. The van der Waals surface area contributed by atoms with E-state index in [4.69, 9.17) is 4.74 Å². The van der Waals surface area contributed by atoms with Crippen molar-refractivity contribution in [3.63, 3.8) is 0 Å². The van der Waals surface area contributed by atoms with Crippen LogP contribution in [0.3, 0.4) is 0 Å². The molecule has 6 heteroatoms. The Balaban J connectivity index is 1.36. The zero-order valence-electron chi connectivity index (χ0n) is 19.9. The number of anilines is 1. The van der Waals surface area contributed by atoms with Gasteiger partial charge in [-0.15, -0.1) is 0 Å². The maximum atomic E-state index is 12.6. The fraction of sp³-hybridized carbons (Fsp3) is 0.407. The van der Waals surface area contributed by atoms with E-state index in [1.54, 1.807) is 7.11 Å². The summed E-state index contributed by atoms with van der Waals surface area (Å²) in [5, 5.41) is 7.63. The predicted octanol–water partition coefficient (Wildman–Crippen LogP) is 4.74. The predicted molar refractivity (Wildman–Crippen MR) is 131 cm³/mol. The quantitative estimate of drug-likeness (QED) is 0.516. The molecule has 0 atom stereocenters. The smallest absolute Gasteiger partial charge is 0.224 e. The molecular weight excluding hydrogens is 412 g/mol. The summed E-state index contributed by atoms with van der Waals surface area (Å²) in [5.74, 6) is 0.849. The largest absolute Gasteiger partial charge is 0.496 e. The normalized spacial score (nSPS) is 13.5. The average Bonchev–Trinajstić information content (AvgIpc) is 3.17. The van der Waals surface area contributed by atoms with Crippen molar-refractivity contribution in [3.05, 3.63) is 76.6 Å². The Morgan fingerprint density at radius 1 is 1.15 bits per heavy atom. The zero-order valence-corrected chi connectivity index (χ0v) is 19.9. The van der Waals surface area contributed by atoms with E-state index in [2.05, 4.69) is 46.0 Å². The van der Waals surface area contributed by atoms with Crippen LogP contribution in [0.1, 0.15) is 47.7 Å². The number of para-hydroxylation sites is 1. The molecule has 1 aliphatic heterocycles. The molecule has 174 valence electrons. The first kappa shape index (κ1) is 23.1. The summed E-state index contributed by atoms with van der Waals surface area (Å²) < 4.78 is 7.49. The lowest BCUT2D eigenvalue weighted by Crippen LogP contribution is -2.30. The second-order valence-electron chi connectivity index (χ2n) is 8.78. The summed E-state index contributed by atoms with van der Waals surface area (Å²) in [4.78, 5) is 15.0. The zero-order chi connectivity index (χ0) is 23.2. The third-order valence-electron chi connectivity index (χ3n) is 6.43. The third kappa shape index (κ3) is 5.63. The summed E-state index contributed by atoms with van der Waals surface area (Å²) in [6, 6.07) is 14.2. The topological polar surface area (TPSA) is 59.4 Å². The number of fused-ring (bicyclic) bond motifs is 1. The molecule has 2 aromatic carbocycles. The molecule has 0 unspecified atom stereocenters. The van der Waals surface area contributed by atoms with Gasteiger partial charge in [-0.1, -0.05) is 31.2 Å². The highest BCUT2D eigenvalue weighted by atomic mass is 16.5. The Morgan fingerprint density at radius 3 is 2.82 bits per heavy atom. The summed E-state index contributed by atoms with van der Waals surface area (Å²) >= 11 is 0. The van der Waals surface area contributed by atoms with Gasteiger partial charge in [0.05, 0.1) is 13.3 Å². The van der Waals surface area contributed by atoms with Crippen LogP contribution in [0.15, 0.2) is 48.7 Å². The van der Waals surface area contributed by atoms with Crippen LogP contribution in [-0.4, -0.2) is 34.2 Å². The lowest BCUT2D eigenvalue weighted by molar-refractivity contribution is -0.116. The van der Waals surface area contributed by atoms with Crippen LogP contribution in [0, 0.1) is 6.92 Å². The molecule has 0 aliphatic carbocycles. The monoisotopic (exact) mass is 446 g/mol. The lowest BCUT2D eigenvalue weighted by atomic mass is 9.98. The number of nitrogens with zero attached hydrogens (tertiary/aromatic N) is 3. The standard InChI is InChI=1S/C27H34N4O2/c1-4-14-31-20(2)24(17-28-31)19-30-15-13-21-9-11-25(16-23(21)18-30)29-27(32)12-10-22-7-5-6-8-26(22)33-3/h5-9,11,16-17H,4,10,12-15,18-19H2,1-3H3,(H,29,32). The molecule has 0 radical (unpaired) electrons. The number of carbonyl (C=O) groups is 1. The van der Waals surface area contributed by atoms with E-state index in [-0.39, 0.29) is 5.91 Å². The van der Waals surface area contributed by atoms with Gasteiger partial charge in [-0.2, -0.15) is 5.10 Å². The van der Waals surface area contributed by atoms with Crippen molar-refractivity contribution in [1.29, 1.82) is 0 Å². The van der Waals surface area contributed by atoms with E-state index < -0.39 is 0 Å². The number of aryl methyl sites for hydroxylation is 2. The van der Waals surface area contributed by atoms with Gasteiger partial charge in [-0.25, -0.2) is 0 Å². The number of methoxy groups -OCH3 is 1. The van der Waals surface area contributed by atoms with E-state index >= 15 is 0 Å². The molecule has 1 aliphatic rings. The van der Waals surface area contributed by atoms with Gasteiger partial charge < -0.3 is 10.1 Å². The number of carbonyl (C=O) groups excluding carboxylic acids is 1. The number of hydrogen-bond donors (Lipinski definition) is 1. The summed E-state index contributed by atoms with van der Waals surface area (Å²) in [5.41, 5.74) is 7.15. The fourth-order valence-corrected chi connectivity index (χ4v) is 4.53. The van der Waals surface area contributed by atoms with E-state index in [0.717, 1.165) is 56.0 Å². The van der Waals surface area contributed by atoms with E-state index in [1.807, 2.05) is 36.5 Å². The number of nitrogens with one attached hydrogen (secondary N) is 1. The number of ether oxygens (including phenoxy) is 1. The van der Waals surface area contributed by atoms with Crippen molar-refractivity contribution >= 4 is 11.6 Å². The third-order valence-corrected chi connectivity index (χ3v) is 6.43. The number of rotatable bonds is 9. The second kappa shape index (κ2) is 10.7. The average molecular weight is 447 g/mol. The number of amides is 1. The van der Waals surface area contributed by atoms with Crippen LogP contribution in [-0.2, 0) is 37.3 Å². The Kier molecular flexibility index (Phi) is 7.45. The van der Waals surface area contributed by atoms with Gasteiger partial charge in [-0.3, -0.25) is 14.4 Å². The van der Waals surface area contributed by atoms with Crippen LogP contribution in [0.4, 0.5) is 5.69 Å². The molecule has 3 aromatic rings. The van der Waals surface area contributed by atoms with Gasteiger partial charge in [0.15, 0.2) is 0 Å². The molecule has 1 aromatic heterocycles. The highest BCUT2D eigenvalue weighted by Gasteiger charge is 2.19. The number of hydrogen-bond acceptors (Lipinski definition) is 4. The van der Waals surface area contributed by atoms with Gasteiger partial charge >= 0.3 is 0 Å². The van der Waals surface area contributed by atoms with Crippen molar-refractivity contribution in [3.8, 4) is 5.75 Å². The van der Waals surface area contributed by atoms with Gasteiger partial charge in [-0.05, 0) is 61.1 Å². The molecular formula is C27H34N4O2. The van der Waals surface area contributed by atoms with Crippen LogP contribution >= 0.6 is 0 Å². The molecule has 33 heavy (non-hydrogen) atoms. The maximum Gasteiger partial charge on any atom is 0.224 e. The second-order valence-corrected chi connectivity index (χ2v) is 8.78. The molecule has 0 saturated carbocycles. The summed E-state index contributed by atoms with van der Waals surface area (Å²) in [6.07, 6.45) is 5.20. The Hall–Kier alpha value is -3.12. The maximum absolute atomic E-state index is 12.6. The molecule has 4 rings (SSSR count). The van der Waals surface area contributed by atoms with Crippen LogP contribution < -0.4 is 10.1 Å². The van der Waals surface area contributed by atoms with Gasteiger partial charge in [0.25, 0.3) is 0 Å². The van der Waals surface area contributed by atoms with E-state index in [9.17, 15) is 4.79 Å². The van der Waals surface area contributed by atoms with Crippen molar-refractivity contribution in [1.82, 2.24) is 14.7 Å². The first-order valence-corrected chi connectivity index (χ1v) is 11.8. The Bertz CT molecular complexity index is 1110. The minimum absolute atomic E-state index is 0.0208. The van der Waals surface area contributed by atoms with Crippen molar-refractivity contribution in [2.24, 2.45) is 0 Å². The fourth-order valence-electron chi connectivity index (χ4n) is 4.53. The number of aromatic nitrogens is 2. The highest BCUT2D eigenvalue weighted by Crippen LogP contribution is 2.25. The molecule has 0 fully saturated rings. The van der Waals surface area contributed by atoms with Crippen molar-refractivity contribution < 1.29 is 9.53 Å². The highest BCUT2D eigenvalue weighted by molar-refractivity contribution is 5.91. The van der Waals surface area contributed by atoms with Crippen molar-refractivity contribution in [2.45, 2.75) is 59.2 Å². The summed E-state index contributed by atoms with van der Waals surface area (Å²) in [6.45, 7) is 8.14. The van der Waals surface area contributed by atoms with Crippen LogP contribution in [0.5, 0.6) is 5.75 Å². The van der Waals surface area contributed by atoms with E-state index in [0.29, 0.717) is 12.8 Å². The first-order chi connectivity index (χ1) is 16.1. The first-order valence-electron chi connectivity index (χ1n) is 11.8. The van der Waals surface area contributed by atoms with Crippen LogP contribution in [0.2, 0.25) is 0 Å². The molecule has 0 bridgehead atoms. The van der Waals surface area contributed by atoms with Crippen LogP contribution in [0.25, 0.3) is 0 Å². The van der Waals surface area contributed by atoms with Crippen molar-refractivity contribution in [2.75, 3.05) is 19.0 Å². The molecule has 1 amide bonds. The van der Waals surface area contributed by atoms with E-state index in [1.165, 1.54) is 22.4 Å². The molecule has 2 heterocycles. The molecule has 6 nitrogen and oxygen atoms in total. The Labute approximate surface area is 196 Å². The summed E-state index contributed by atoms with van der Waals surface area (Å²) in [7, 11) is 1.66. The lowest BCUT2D eigenvalue weighted by Gasteiger charge is -2.29. The molecule has 1 N–H and O–H groups in total. The van der Waals surface area contributed by atoms with Gasteiger partial charge in [0.2, 0.25) is 5.91 Å². The minimum Gasteiger partial charge on any atom is -0.496 e. The van der Waals surface area contributed by atoms with Gasteiger partial charge in [0, 0.05) is 49.5 Å². The SMILES string of the molecule is CCCn1ncc(CN2CCc3ccc(NC(=O)CCc4ccccc4OC)cc3C2)c1C.